The van der Waals surface area contributed by atoms with Crippen molar-refractivity contribution in [2.24, 2.45) is 5.10 Å². The van der Waals surface area contributed by atoms with E-state index in [4.69, 9.17) is 9.84 Å². The van der Waals surface area contributed by atoms with Crippen LogP contribution in [-0.4, -0.2) is 68.8 Å². The molecule has 2 aliphatic rings. The molecule has 0 radical (unpaired) electrons. The number of benzene rings is 2. The van der Waals surface area contributed by atoms with E-state index in [0.717, 1.165) is 42.0 Å². The van der Waals surface area contributed by atoms with Crippen LogP contribution in [0.25, 0.3) is 0 Å². The zero-order valence-electron chi connectivity index (χ0n) is 19.1. The van der Waals surface area contributed by atoms with Crippen molar-refractivity contribution < 1.29 is 9.53 Å². The fourth-order valence-electron chi connectivity index (χ4n) is 4.78. The van der Waals surface area contributed by atoms with Gasteiger partial charge in [0, 0.05) is 14.1 Å². The molecule has 0 spiro atoms. The highest BCUT2D eigenvalue weighted by atomic mass is 16.5. The van der Waals surface area contributed by atoms with Crippen LogP contribution in [0.4, 0.5) is 5.69 Å². The van der Waals surface area contributed by atoms with Crippen molar-refractivity contribution >= 4 is 17.3 Å². The predicted octanol–water partition coefficient (Wildman–Crippen LogP) is 3.30. The third kappa shape index (κ3) is 3.69. The van der Waals surface area contributed by atoms with Crippen LogP contribution in [0.3, 0.4) is 0 Å². The first-order valence-corrected chi connectivity index (χ1v) is 10.9. The molecule has 2 atom stereocenters. The van der Waals surface area contributed by atoms with E-state index in [1.165, 1.54) is 0 Å². The van der Waals surface area contributed by atoms with Crippen molar-refractivity contribution in [1.82, 2.24) is 9.80 Å². The maximum Gasteiger partial charge on any atom is 0.270 e. The summed E-state index contributed by atoms with van der Waals surface area (Å²) in [5, 5.41) is 7.05. The summed E-state index contributed by atoms with van der Waals surface area (Å²) in [7, 11) is 7.76. The van der Waals surface area contributed by atoms with Crippen LogP contribution >= 0.6 is 0 Å². The van der Waals surface area contributed by atoms with Crippen molar-refractivity contribution in [3.05, 3.63) is 59.7 Å². The number of amides is 1. The molecule has 2 aromatic carbocycles. The van der Waals surface area contributed by atoms with Crippen molar-refractivity contribution in [2.45, 2.75) is 31.2 Å². The molecule has 2 aliphatic heterocycles. The van der Waals surface area contributed by atoms with E-state index in [-0.39, 0.29) is 11.9 Å². The molecule has 0 aromatic heterocycles. The first kappa shape index (κ1) is 21.4. The Balaban J connectivity index is 1.89. The Bertz CT molecular complexity index is 986. The van der Waals surface area contributed by atoms with Gasteiger partial charge in [0.1, 0.15) is 29.8 Å². The lowest BCUT2D eigenvalue weighted by Gasteiger charge is -2.42. The zero-order chi connectivity index (χ0) is 22.2. The number of anilines is 1. The molecular weight excluding hydrogens is 388 g/mol. The summed E-state index contributed by atoms with van der Waals surface area (Å²) in [6.45, 7) is 3.50. The number of carbonyl (C=O) groups excluding carboxylic acids is 1. The largest absolute Gasteiger partial charge is 0.489 e. The van der Waals surface area contributed by atoms with Gasteiger partial charge >= 0.3 is 0 Å². The van der Waals surface area contributed by atoms with E-state index in [1.54, 1.807) is 19.0 Å². The standard InChI is InChI=1S/C25H32N4O2/c1-18-12-13-21-20(16-18)29-22(17-31-21)25(14-9-15-27(2)3,19-10-7-6-8-11-19)23(26-29)24(30)28(4)5/h6-8,10-13,16,22H,9,14-15,17H2,1-5H3/t22-,25+/m0/s1. The predicted molar refractivity (Wildman–Crippen MR) is 125 cm³/mol. The van der Waals surface area contributed by atoms with Crippen molar-refractivity contribution in [3.8, 4) is 5.75 Å². The Morgan fingerprint density at radius 1 is 1.16 bits per heavy atom. The minimum absolute atomic E-state index is 0.0442. The average Bonchev–Trinajstić information content (AvgIpc) is 3.09. The van der Waals surface area contributed by atoms with Crippen LogP contribution in [-0.2, 0) is 10.2 Å². The summed E-state index contributed by atoms with van der Waals surface area (Å²) in [6.07, 6.45) is 1.77. The number of hydrazone groups is 1. The Hall–Kier alpha value is -2.86. The van der Waals surface area contributed by atoms with E-state index < -0.39 is 5.41 Å². The summed E-state index contributed by atoms with van der Waals surface area (Å²) < 4.78 is 6.23. The smallest absolute Gasteiger partial charge is 0.270 e. The normalized spacial score (nSPS) is 21.9. The summed E-state index contributed by atoms with van der Waals surface area (Å²) in [6, 6.07) is 16.4. The van der Waals surface area contributed by atoms with Gasteiger partial charge in [0.05, 0.1) is 5.41 Å². The molecule has 6 nitrogen and oxygen atoms in total. The van der Waals surface area contributed by atoms with E-state index in [2.05, 4.69) is 44.1 Å². The second-order valence-corrected chi connectivity index (χ2v) is 9.03. The van der Waals surface area contributed by atoms with E-state index >= 15 is 0 Å². The van der Waals surface area contributed by atoms with Crippen molar-refractivity contribution in [2.75, 3.05) is 46.4 Å². The van der Waals surface area contributed by atoms with Gasteiger partial charge in [-0.1, -0.05) is 36.4 Å². The van der Waals surface area contributed by atoms with Gasteiger partial charge < -0.3 is 14.5 Å². The van der Waals surface area contributed by atoms with Crippen molar-refractivity contribution in [3.63, 3.8) is 0 Å². The van der Waals surface area contributed by atoms with Gasteiger partial charge in [0.2, 0.25) is 0 Å². The SMILES string of the molecule is Cc1ccc2c(c1)N1N=C(C(=O)N(C)C)[C@](CCCN(C)C)(c3ccccc3)[C@@H]1CO2. The molecule has 0 aliphatic carbocycles. The lowest BCUT2D eigenvalue weighted by molar-refractivity contribution is -0.122. The molecular formula is C25H32N4O2. The molecule has 6 heteroatoms. The summed E-state index contributed by atoms with van der Waals surface area (Å²) in [4.78, 5) is 17.3. The second kappa shape index (κ2) is 8.35. The summed E-state index contributed by atoms with van der Waals surface area (Å²) in [5.74, 6) is 0.775. The quantitative estimate of drug-likeness (QED) is 0.720. The molecule has 0 saturated heterocycles. The molecule has 0 unspecified atom stereocenters. The highest BCUT2D eigenvalue weighted by Crippen LogP contribution is 2.48. The number of fused-ring (bicyclic) bond motifs is 3. The number of rotatable bonds is 6. The number of ether oxygens (including phenoxy) is 1. The first-order chi connectivity index (χ1) is 14.8. The van der Waals surface area contributed by atoms with Gasteiger partial charge in [0.15, 0.2) is 0 Å². The van der Waals surface area contributed by atoms with Gasteiger partial charge in [-0.05, 0) is 63.7 Å². The van der Waals surface area contributed by atoms with Gasteiger partial charge in [-0.15, -0.1) is 0 Å². The van der Waals surface area contributed by atoms with Crippen LogP contribution < -0.4 is 9.75 Å². The fourth-order valence-corrected chi connectivity index (χ4v) is 4.78. The Labute approximate surface area is 185 Å². The summed E-state index contributed by atoms with van der Waals surface area (Å²) in [5.41, 5.74) is 3.26. The summed E-state index contributed by atoms with van der Waals surface area (Å²) >= 11 is 0. The minimum Gasteiger partial charge on any atom is -0.489 e. The number of hydrogen-bond donors (Lipinski definition) is 0. The Kier molecular flexibility index (Phi) is 5.75. The molecule has 31 heavy (non-hydrogen) atoms. The van der Waals surface area contributed by atoms with E-state index in [9.17, 15) is 4.79 Å². The second-order valence-electron chi connectivity index (χ2n) is 9.03. The van der Waals surface area contributed by atoms with Crippen LogP contribution in [0.1, 0.15) is 24.0 Å². The monoisotopic (exact) mass is 420 g/mol. The molecule has 1 amide bonds. The number of nitrogens with zero attached hydrogens (tertiary/aromatic N) is 4. The Morgan fingerprint density at radius 2 is 1.90 bits per heavy atom. The van der Waals surface area contributed by atoms with Crippen LogP contribution in [0.15, 0.2) is 53.6 Å². The highest BCUT2D eigenvalue weighted by molar-refractivity contribution is 6.43. The van der Waals surface area contributed by atoms with Crippen LogP contribution in [0.2, 0.25) is 0 Å². The maximum absolute atomic E-state index is 13.5. The number of carbonyl (C=O) groups is 1. The van der Waals surface area contributed by atoms with Gasteiger partial charge in [0.25, 0.3) is 5.91 Å². The fraction of sp³-hybridized carbons (Fsp3) is 0.440. The first-order valence-electron chi connectivity index (χ1n) is 10.9. The molecule has 4 rings (SSSR count). The zero-order valence-corrected chi connectivity index (χ0v) is 19.1. The lowest BCUT2D eigenvalue weighted by Crippen LogP contribution is -2.55. The molecule has 0 N–H and O–H groups in total. The minimum atomic E-state index is -0.542. The molecule has 0 saturated carbocycles. The molecule has 2 aromatic rings. The number of aryl methyl sites for hydroxylation is 1. The van der Waals surface area contributed by atoms with Gasteiger partial charge in [-0.2, -0.15) is 5.10 Å². The van der Waals surface area contributed by atoms with Crippen molar-refractivity contribution in [1.29, 1.82) is 0 Å². The van der Waals surface area contributed by atoms with Gasteiger partial charge in [-0.25, -0.2) is 0 Å². The van der Waals surface area contributed by atoms with E-state index in [0.29, 0.717) is 12.3 Å². The van der Waals surface area contributed by atoms with Crippen LogP contribution in [0.5, 0.6) is 5.75 Å². The Morgan fingerprint density at radius 3 is 2.58 bits per heavy atom. The van der Waals surface area contributed by atoms with Crippen LogP contribution in [0, 0.1) is 6.92 Å². The average molecular weight is 421 g/mol. The van der Waals surface area contributed by atoms with Gasteiger partial charge in [-0.3, -0.25) is 9.80 Å². The molecule has 2 heterocycles. The third-order valence-corrected chi connectivity index (χ3v) is 6.33. The van der Waals surface area contributed by atoms with E-state index in [1.807, 2.05) is 35.3 Å². The molecule has 0 bridgehead atoms. The number of hydrogen-bond acceptors (Lipinski definition) is 5. The molecule has 0 fully saturated rings. The topological polar surface area (TPSA) is 48.4 Å². The molecule has 164 valence electrons. The highest BCUT2D eigenvalue weighted by Gasteiger charge is 2.56. The lowest BCUT2D eigenvalue weighted by atomic mass is 9.67. The third-order valence-electron chi connectivity index (χ3n) is 6.33. The maximum atomic E-state index is 13.5.